The Morgan fingerprint density at radius 1 is 1.62 bits per heavy atom. The maximum atomic E-state index is 5.10. The van der Waals surface area contributed by atoms with Crippen molar-refractivity contribution < 1.29 is 4.74 Å². The van der Waals surface area contributed by atoms with E-state index in [9.17, 15) is 0 Å². The molecule has 0 spiro atoms. The predicted molar refractivity (Wildman–Crippen MR) is 32.8 cm³/mol. The molecule has 8 heavy (non-hydrogen) atoms. The minimum absolute atomic E-state index is 0.769. The molecular formula is C6H9NO. The fourth-order valence-corrected chi connectivity index (χ4v) is 0.610. The third kappa shape index (κ3) is 1.09. The number of allylic oxidation sites excluding steroid dienone is 1. The van der Waals surface area contributed by atoms with E-state index in [4.69, 9.17) is 4.74 Å². The lowest BCUT2D eigenvalue weighted by atomic mass is 10.4. The summed E-state index contributed by atoms with van der Waals surface area (Å²) in [6.07, 6.45) is 1.95. The second-order valence-electron chi connectivity index (χ2n) is 1.78. The van der Waals surface area contributed by atoms with Crippen LogP contribution in [0.2, 0.25) is 0 Å². The topological polar surface area (TPSA) is 21.6 Å². The zero-order chi connectivity index (χ0) is 5.98. The van der Waals surface area contributed by atoms with E-state index in [1.807, 2.05) is 19.9 Å². The highest BCUT2D eigenvalue weighted by atomic mass is 16.5. The molecule has 0 N–H and O–H groups in total. The number of nitrogens with zero attached hydrogens (tertiary/aromatic N) is 1. The van der Waals surface area contributed by atoms with Crippen molar-refractivity contribution in [3.63, 3.8) is 0 Å². The van der Waals surface area contributed by atoms with E-state index in [2.05, 4.69) is 4.99 Å². The van der Waals surface area contributed by atoms with Crippen LogP contribution in [0.25, 0.3) is 0 Å². The highest BCUT2D eigenvalue weighted by Gasteiger charge is 1.97. The molecule has 0 aromatic carbocycles. The predicted octanol–water partition coefficient (Wildman–Crippen LogP) is 1.34. The van der Waals surface area contributed by atoms with Gasteiger partial charge in [-0.25, -0.2) is 0 Å². The van der Waals surface area contributed by atoms with Gasteiger partial charge in [0.25, 0.3) is 0 Å². The second kappa shape index (κ2) is 1.99. The fourth-order valence-electron chi connectivity index (χ4n) is 0.610. The van der Waals surface area contributed by atoms with Crippen LogP contribution in [0.4, 0.5) is 0 Å². The van der Waals surface area contributed by atoms with E-state index < -0.39 is 0 Å². The summed E-state index contributed by atoms with van der Waals surface area (Å²) in [5, 5.41) is 0. The third-order valence-electron chi connectivity index (χ3n) is 1.00. The molecule has 0 saturated heterocycles. The van der Waals surface area contributed by atoms with Crippen molar-refractivity contribution in [3.8, 4) is 0 Å². The van der Waals surface area contributed by atoms with Gasteiger partial charge in [0.1, 0.15) is 5.76 Å². The Morgan fingerprint density at radius 2 is 2.38 bits per heavy atom. The lowest BCUT2D eigenvalue weighted by molar-refractivity contribution is 0.402. The van der Waals surface area contributed by atoms with Crippen molar-refractivity contribution >= 4 is 5.90 Å². The number of ether oxygens (including phenoxy) is 1. The van der Waals surface area contributed by atoms with Crippen LogP contribution in [-0.4, -0.2) is 12.4 Å². The molecule has 0 amide bonds. The first-order valence-corrected chi connectivity index (χ1v) is 2.65. The average molecular weight is 111 g/mol. The monoisotopic (exact) mass is 111 g/mol. The second-order valence-corrected chi connectivity index (χ2v) is 1.78. The summed E-state index contributed by atoms with van der Waals surface area (Å²) < 4.78 is 5.10. The zero-order valence-corrected chi connectivity index (χ0v) is 5.14. The summed E-state index contributed by atoms with van der Waals surface area (Å²) in [4.78, 5) is 4.00. The van der Waals surface area contributed by atoms with Crippen molar-refractivity contribution in [3.05, 3.63) is 11.8 Å². The fraction of sp³-hybridized carbons (Fsp3) is 0.500. The number of hydrogen-bond acceptors (Lipinski definition) is 2. The van der Waals surface area contributed by atoms with Crippen LogP contribution in [0.15, 0.2) is 16.8 Å². The molecule has 0 bridgehead atoms. The Hall–Kier alpha value is -0.790. The first kappa shape index (κ1) is 5.35. The van der Waals surface area contributed by atoms with Gasteiger partial charge in [0.05, 0.1) is 6.54 Å². The van der Waals surface area contributed by atoms with Crippen LogP contribution >= 0.6 is 0 Å². The van der Waals surface area contributed by atoms with Gasteiger partial charge in [-0.1, -0.05) is 0 Å². The van der Waals surface area contributed by atoms with Crippen LogP contribution in [-0.2, 0) is 4.74 Å². The van der Waals surface area contributed by atoms with E-state index in [0.717, 1.165) is 18.2 Å². The molecule has 0 fully saturated rings. The molecule has 1 heterocycles. The minimum atomic E-state index is 0.769. The molecule has 44 valence electrons. The molecule has 2 heteroatoms. The maximum absolute atomic E-state index is 5.10. The lowest BCUT2D eigenvalue weighted by Crippen LogP contribution is -2.03. The number of rotatable bonds is 0. The molecule has 0 aliphatic carbocycles. The molecule has 0 unspecified atom stereocenters. The molecule has 1 aliphatic heterocycles. The number of aliphatic imine (C=N–C) groups is 1. The maximum Gasteiger partial charge on any atom is 0.186 e. The first-order chi connectivity index (χ1) is 3.79. The van der Waals surface area contributed by atoms with Crippen molar-refractivity contribution in [2.45, 2.75) is 13.8 Å². The summed E-state index contributed by atoms with van der Waals surface area (Å²) in [5.41, 5.74) is 0. The van der Waals surface area contributed by atoms with Gasteiger partial charge in [0.2, 0.25) is 0 Å². The SMILES string of the molecule is CC1=CCN=C(C)O1. The van der Waals surface area contributed by atoms with Crippen LogP contribution in [0.3, 0.4) is 0 Å². The molecule has 1 aliphatic rings. The van der Waals surface area contributed by atoms with Crippen LogP contribution < -0.4 is 0 Å². The van der Waals surface area contributed by atoms with Gasteiger partial charge in [-0.2, -0.15) is 0 Å². The Balaban J connectivity index is 2.57. The highest BCUT2D eigenvalue weighted by molar-refractivity contribution is 5.74. The quantitative estimate of drug-likeness (QED) is 0.462. The average Bonchev–Trinajstić information content (AvgIpc) is 1.64. The summed E-state index contributed by atoms with van der Waals surface area (Å²) in [6, 6.07) is 0. The number of hydrogen-bond donors (Lipinski definition) is 0. The van der Waals surface area contributed by atoms with E-state index in [1.165, 1.54) is 0 Å². The van der Waals surface area contributed by atoms with Gasteiger partial charge in [0, 0.05) is 6.92 Å². The Bertz CT molecular complexity index is 131. The van der Waals surface area contributed by atoms with Gasteiger partial charge in [-0.15, -0.1) is 0 Å². The van der Waals surface area contributed by atoms with Gasteiger partial charge >= 0.3 is 0 Å². The van der Waals surface area contributed by atoms with E-state index in [1.54, 1.807) is 0 Å². The largest absolute Gasteiger partial charge is 0.449 e. The molecular weight excluding hydrogens is 102 g/mol. The standard InChI is InChI=1S/C6H9NO/c1-5-3-4-7-6(2)8-5/h3H,4H2,1-2H3. The molecule has 1 rings (SSSR count). The van der Waals surface area contributed by atoms with Gasteiger partial charge < -0.3 is 4.74 Å². The summed E-state index contributed by atoms with van der Waals surface area (Å²) in [5.74, 6) is 1.72. The Labute approximate surface area is 48.9 Å². The summed E-state index contributed by atoms with van der Waals surface area (Å²) >= 11 is 0. The van der Waals surface area contributed by atoms with Crippen LogP contribution in [0.5, 0.6) is 0 Å². The molecule has 0 aromatic rings. The first-order valence-electron chi connectivity index (χ1n) is 2.65. The smallest absolute Gasteiger partial charge is 0.186 e. The summed E-state index contributed by atoms with van der Waals surface area (Å²) in [7, 11) is 0. The lowest BCUT2D eigenvalue weighted by Gasteiger charge is -2.07. The van der Waals surface area contributed by atoms with Gasteiger partial charge in [-0.3, -0.25) is 4.99 Å². The van der Waals surface area contributed by atoms with Gasteiger partial charge in [0.15, 0.2) is 5.90 Å². The molecule has 0 saturated carbocycles. The zero-order valence-electron chi connectivity index (χ0n) is 5.14. The molecule has 2 nitrogen and oxygen atoms in total. The minimum Gasteiger partial charge on any atom is -0.449 e. The van der Waals surface area contributed by atoms with Crippen molar-refractivity contribution in [2.24, 2.45) is 4.99 Å². The Morgan fingerprint density at radius 3 is 2.75 bits per heavy atom. The Kier molecular flexibility index (Phi) is 1.33. The molecule has 0 radical (unpaired) electrons. The molecule has 0 atom stereocenters. The van der Waals surface area contributed by atoms with Crippen LogP contribution in [0.1, 0.15) is 13.8 Å². The van der Waals surface area contributed by atoms with Crippen molar-refractivity contribution in [1.29, 1.82) is 0 Å². The molecule has 0 aromatic heterocycles. The normalized spacial score (nSPS) is 18.8. The van der Waals surface area contributed by atoms with Crippen molar-refractivity contribution in [2.75, 3.05) is 6.54 Å². The van der Waals surface area contributed by atoms with E-state index in [0.29, 0.717) is 0 Å². The van der Waals surface area contributed by atoms with E-state index >= 15 is 0 Å². The summed E-state index contributed by atoms with van der Waals surface area (Å²) in [6.45, 7) is 4.56. The highest BCUT2D eigenvalue weighted by Crippen LogP contribution is 2.01. The third-order valence-corrected chi connectivity index (χ3v) is 1.00. The van der Waals surface area contributed by atoms with Gasteiger partial charge in [-0.05, 0) is 13.0 Å². The van der Waals surface area contributed by atoms with Crippen LogP contribution in [0, 0.1) is 0 Å². The van der Waals surface area contributed by atoms with Crippen molar-refractivity contribution in [1.82, 2.24) is 0 Å². The van der Waals surface area contributed by atoms with E-state index in [-0.39, 0.29) is 0 Å².